The maximum atomic E-state index is 14.1. The molecular formula is C23H18ClF5N4O3S. The van der Waals surface area contributed by atoms with E-state index in [1.54, 1.807) is 13.0 Å². The van der Waals surface area contributed by atoms with Gasteiger partial charge in [-0.25, -0.2) is 18.6 Å². The maximum absolute atomic E-state index is 14.1. The standard InChI is InChI=1S/C23H18ClF5N4O3S/c1-3-22(25,26)10-35-17(12-4-6-14(15(24)8-12)19-32-21(34)36-33-19)18-11(2)31-20(37-18)13-5-7-16(30-9-13)23(27,28)29/h4-9,17H,3,10H2,1-2H3,(H,32,33,34). The molecule has 0 saturated carbocycles. The molecule has 0 spiro atoms. The molecule has 0 aliphatic heterocycles. The highest BCUT2D eigenvalue weighted by Crippen LogP contribution is 2.40. The quantitative estimate of drug-likeness (QED) is 0.242. The van der Waals surface area contributed by atoms with E-state index in [4.69, 9.17) is 16.3 Å². The van der Waals surface area contributed by atoms with Crippen molar-refractivity contribution in [2.45, 2.75) is 38.5 Å². The van der Waals surface area contributed by atoms with E-state index >= 15 is 0 Å². The van der Waals surface area contributed by atoms with Crippen LogP contribution in [0.2, 0.25) is 5.02 Å². The third kappa shape index (κ3) is 6.05. The normalized spacial score (nSPS) is 13.2. The second-order valence-corrected chi connectivity index (χ2v) is 9.42. The predicted molar refractivity (Wildman–Crippen MR) is 126 cm³/mol. The summed E-state index contributed by atoms with van der Waals surface area (Å²) in [5.41, 5.74) is 0.469. The molecule has 14 heteroatoms. The lowest BCUT2D eigenvalue weighted by Gasteiger charge is -2.22. The van der Waals surface area contributed by atoms with Gasteiger partial charge in [-0.1, -0.05) is 29.7 Å². The largest absolute Gasteiger partial charge is 0.439 e. The van der Waals surface area contributed by atoms with Gasteiger partial charge in [-0.15, -0.1) is 11.3 Å². The first-order chi connectivity index (χ1) is 17.4. The number of ether oxygens (including phenoxy) is 1. The van der Waals surface area contributed by atoms with Gasteiger partial charge in [0.2, 0.25) is 0 Å². The van der Waals surface area contributed by atoms with Crippen LogP contribution in [0, 0.1) is 6.92 Å². The summed E-state index contributed by atoms with van der Waals surface area (Å²) in [6.07, 6.45) is -5.00. The number of thiazole rings is 1. The minimum absolute atomic E-state index is 0.0857. The summed E-state index contributed by atoms with van der Waals surface area (Å²) >= 11 is 7.47. The Kier molecular flexibility index (Phi) is 7.49. The van der Waals surface area contributed by atoms with E-state index < -0.39 is 42.7 Å². The van der Waals surface area contributed by atoms with E-state index in [2.05, 4.69) is 24.6 Å². The van der Waals surface area contributed by atoms with E-state index in [1.807, 2.05) is 0 Å². The summed E-state index contributed by atoms with van der Waals surface area (Å²) in [6, 6.07) is 6.66. The molecule has 4 rings (SSSR count). The Morgan fingerprint density at radius 2 is 1.95 bits per heavy atom. The van der Waals surface area contributed by atoms with Gasteiger partial charge >= 0.3 is 11.9 Å². The van der Waals surface area contributed by atoms with Crippen molar-refractivity contribution in [3.05, 3.63) is 73.9 Å². The molecule has 0 aliphatic rings. The number of aromatic nitrogens is 4. The highest BCUT2D eigenvalue weighted by molar-refractivity contribution is 7.15. The minimum atomic E-state index is -4.59. The SMILES string of the molecule is CCC(F)(F)COC(c1ccc(-c2noc(=O)[nH]2)c(Cl)c1)c1sc(-c2ccc(C(F)(F)F)nc2)nc1C. The Labute approximate surface area is 215 Å². The second-order valence-electron chi connectivity index (χ2n) is 7.98. The molecule has 1 N–H and O–H groups in total. The topological polar surface area (TPSA) is 93.9 Å². The van der Waals surface area contributed by atoms with Crippen LogP contribution in [-0.2, 0) is 10.9 Å². The molecule has 3 heterocycles. The number of rotatable bonds is 8. The molecule has 0 amide bonds. The fourth-order valence-electron chi connectivity index (χ4n) is 3.33. The fourth-order valence-corrected chi connectivity index (χ4v) is 4.74. The van der Waals surface area contributed by atoms with Gasteiger partial charge < -0.3 is 4.74 Å². The zero-order chi connectivity index (χ0) is 27.0. The summed E-state index contributed by atoms with van der Waals surface area (Å²) in [6.45, 7) is 2.08. The number of aromatic amines is 1. The van der Waals surface area contributed by atoms with Crippen LogP contribution in [0.5, 0.6) is 0 Å². The van der Waals surface area contributed by atoms with Gasteiger partial charge in [0.15, 0.2) is 5.82 Å². The van der Waals surface area contributed by atoms with Crippen molar-refractivity contribution in [1.82, 2.24) is 20.1 Å². The number of benzene rings is 1. The second kappa shape index (κ2) is 10.3. The van der Waals surface area contributed by atoms with Crippen molar-refractivity contribution < 1.29 is 31.2 Å². The Morgan fingerprint density at radius 1 is 1.19 bits per heavy atom. The number of hydrogen-bond donors (Lipinski definition) is 1. The smallest absolute Gasteiger partial charge is 0.362 e. The van der Waals surface area contributed by atoms with E-state index in [0.29, 0.717) is 32.3 Å². The highest BCUT2D eigenvalue weighted by Gasteiger charge is 2.33. The molecule has 1 atom stereocenters. The summed E-state index contributed by atoms with van der Waals surface area (Å²) in [5, 5.41) is 4.08. The molecule has 0 aliphatic carbocycles. The van der Waals surface area contributed by atoms with Crippen LogP contribution in [0.25, 0.3) is 22.0 Å². The number of aryl methyl sites for hydroxylation is 1. The number of H-pyrrole nitrogens is 1. The molecule has 0 bridgehead atoms. The van der Waals surface area contributed by atoms with Crippen LogP contribution in [0.3, 0.4) is 0 Å². The predicted octanol–water partition coefficient (Wildman–Crippen LogP) is 6.68. The van der Waals surface area contributed by atoms with Gasteiger partial charge in [0, 0.05) is 23.7 Å². The van der Waals surface area contributed by atoms with Crippen molar-refractivity contribution in [2.24, 2.45) is 0 Å². The molecular weight excluding hydrogens is 543 g/mol. The van der Waals surface area contributed by atoms with Crippen LogP contribution in [0.1, 0.15) is 41.3 Å². The molecule has 0 fully saturated rings. The van der Waals surface area contributed by atoms with Gasteiger partial charge in [0.1, 0.15) is 23.4 Å². The lowest BCUT2D eigenvalue weighted by molar-refractivity contribution is -0.141. The van der Waals surface area contributed by atoms with Gasteiger partial charge in [-0.3, -0.25) is 14.5 Å². The number of alkyl halides is 5. The number of nitrogens with one attached hydrogen (secondary N) is 1. The van der Waals surface area contributed by atoms with Crippen LogP contribution in [-0.4, -0.2) is 32.6 Å². The van der Waals surface area contributed by atoms with Gasteiger partial charge in [0.25, 0.3) is 5.92 Å². The summed E-state index contributed by atoms with van der Waals surface area (Å²) in [5.74, 6) is -3.78. The molecule has 196 valence electrons. The minimum Gasteiger partial charge on any atom is -0.362 e. The average Bonchev–Trinajstić information content (AvgIpc) is 3.44. The number of hydrogen-bond acceptors (Lipinski definition) is 7. The van der Waals surface area contributed by atoms with Crippen molar-refractivity contribution in [1.29, 1.82) is 0 Å². The molecule has 37 heavy (non-hydrogen) atoms. The summed E-state index contributed by atoms with van der Waals surface area (Å²) < 4.78 is 77.0. The van der Waals surface area contributed by atoms with Crippen LogP contribution in [0.4, 0.5) is 22.0 Å². The molecule has 4 aromatic rings. The zero-order valence-electron chi connectivity index (χ0n) is 19.2. The zero-order valence-corrected chi connectivity index (χ0v) is 20.8. The first kappa shape index (κ1) is 26.9. The van der Waals surface area contributed by atoms with Crippen molar-refractivity contribution in [3.63, 3.8) is 0 Å². The summed E-state index contributed by atoms with van der Waals surface area (Å²) in [7, 11) is 0. The van der Waals surface area contributed by atoms with Crippen LogP contribution in [0.15, 0.2) is 45.8 Å². The van der Waals surface area contributed by atoms with E-state index in [-0.39, 0.29) is 10.8 Å². The molecule has 3 aromatic heterocycles. The van der Waals surface area contributed by atoms with Gasteiger partial charge in [0.05, 0.1) is 15.6 Å². The third-order valence-electron chi connectivity index (χ3n) is 5.34. The number of nitrogens with zero attached hydrogens (tertiary/aromatic N) is 3. The number of pyridine rings is 1. The van der Waals surface area contributed by atoms with E-state index in [0.717, 1.165) is 23.6 Å². The molecule has 1 aromatic carbocycles. The first-order valence-corrected chi connectivity index (χ1v) is 11.9. The molecule has 1 unspecified atom stereocenters. The molecule has 7 nitrogen and oxygen atoms in total. The van der Waals surface area contributed by atoms with Crippen molar-refractivity contribution >= 4 is 22.9 Å². The van der Waals surface area contributed by atoms with Crippen LogP contribution >= 0.6 is 22.9 Å². The van der Waals surface area contributed by atoms with Gasteiger partial charge in [-0.2, -0.15) is 13.2 Å². The Balaban J connectivity index is 1.72. The Hall–Kier alpha value is -3.16. The first-order valence-electron chi connectivity index (χ1n) is 10.7. The Bertz CT molecular complexity index is 1450. The average molecular weight is 561 g/mol. The monoisotopic (exact) mass is 560 g/mol. The fraction of sp³-hybridized carbons (Fsp3) is 0.304. The summed E-state index contributed by atoms with van der Waals surface area (Å²) in [4.78, 5) is 22.0. The van der Waals surface area contributed by atoms with Crippen LogP contribution < -0.4 is 5.76 Å². The lowest BCUT2D eigenvalue weighted by atomic mass is 10.0. The van der Waals surface area contributed by atoms with Crippen molar-refractivity contribution in [3.8, 4) is 22.0 Å². The van der Waals surface area contributed by atoms with E-state index in [1.165, 1.54) is 25.1 Å². The third-order valence-corrected chi connectivity index (χ3v) is 6.90. The molecule has 0 radical (unpaired) electrons. The van der Waals surface area contributed by atoms with Gasteiger partial charge in [-0.05, 0) is 36.8 Å². The Morgan fingerprint density at radius 3 is 2.51 bits per heavy atom. The maximum Gasteiger partial charge on any atom is 0.439 e. The number of halogens is 6. The van der Waals surface area contributed by atoms with Crippen molar-refractivity contribution in [2.75, 3.05) is 6.61 Å². The molecule has 0 saturated heterocycles. The highest BCUT2D eigenvalue weighted by atomic mass is 35.5. The lowest BCUT2D eigenvalue weighted by Crippen LogP contribution is -2.24. The van der Waals surface area contributed by atoms with E-state index in [9.17, 15) is 26.7 Å².